The molecule has 1 saturated heterocycles. The number of carbonyl (C=O) groups is 1. The SMILES string of the molecule is Cn1cc(-c2c[nH]c(C(=O)Nc3cccc(F)c3N3CCCC(N)C3)n2)cn1. The van der Waals surface area contributed by atoms with Crippen LogP contribution in [0.5, 0.6) is 0 Å². The van der Waals surface area contributed by atoms with Gasteiger partial charge in [-0.15, -0.1) is 0 Å². The Bertz CT molecular complexity index is 996. The molecule has 1 amide bonds. The summed E-state index contributed by atoms with van der Waals surface area (Å²) in [5.41, 5.74) is 8.22. The quantitative estimate of drug-likeness (QED) is 0.640. The van der Waals surface area contributed by atoms with Gasteiger partial charge in [-0.3, -0.25) is 9.48 Å². The summed E-state index contributed by atoms with van der Waals surface area (Å²) in [4.78, 5) is 21.8. The third-order valence-electron chi connectivity index (χ3n) is 4.80. The molecule has 3 aromatic rings. The number of aromatic nitrogens is 4. The molecule has 0 saturated carbocycles. The van der Waals surface area contributed by atoms with Crippen molar-refractivity contribution < 1.29 is 9.18 Å². The first-order valence-corrected chi connectivity index (χ1v) is 9.16. The molecule has 146 valence electrons. The van der Waals surface area contributed by atoms with Crippen LogP contribution in [0.1, 0.15) is 23.5 Å². The standard InChI is InChI=1S/C19H22FN7O/c1-26-10-12(8-23-26)16-9-22-18(24-16)19(28)25-15-6-2-5-14(20)17(15)27-7-3-4-13(21)11-27/h2,5-6,8-10,13H,3-4,7,11,21H2,1H3,(H,22,24)(H,25,28). The predicted octanol–water partition coefficient (Wildman–Crippen LogP) is 2.13. The number of halogens is 1. The number of nitrogens with two attached hydrogens (primary N) is 1. The highest BCUT2D eigenvalue weighted by molar-refractivity contribution is 6.04. The average Bonchev–Trinajstić information content (AvgIpc) is 3.31. The number of anilines is 2. The van der Waals surface area contributed by atoms with Gasteiger partial charge in [0.1, 0.15) is 5.82 Å². The largest absolute Gasteiger partial charge is 0.366 e. The number of benzene rings is 1. The molecular weight excluding hydrogens is 361 g/mol. The van der Waals surface area contributed by atoms with Crippen LogP contribution in [-0.2, 0) is 7.05 Å². The monoisotopic (exact) mass is 383 g/mol. The Balaban J connectivity index is 1.57. The van der Waals surface area contributed by atoms with Gasteiger partial charge in [-0.25, -0.2) is 9.37 Å². The maximum Gasteiger partial charge on any atom is 0.291 e. The molecule has 8 nitrogen and oxygen atoms in total. The predicted molar refractivity (Wildman–Crippen MR) is 105 cm³/mol. The fraction of sp³-hybridized carbons (Fsp3) is 0.316. The van der Waals surface area contributed by atoms with Crippen LogP contribution >= 0.6 is 0 Å². The molecule has 0 spiro atoms. The van der Waals surface area contributed by atoms with E-state index in [0.717, 1.165) is 18.4 Å². The van der Waals surface area contributed by atoms with Gasteiger partial charge in [-0.2, -0.15) is 5.10 Å². The zero-order valence-electron chi connectivity index (χ0n) is 15.5. The number of H-pyrrole nitrogens is 1. The molecular formula is C19H22FN7O. The fourth-order valence-electron chi connectivity index (χ4n) is 3.47. The number of rotatable bonds is 4. The number of aromatic amines is 1. The number of imidazole rings is 1. The Hall–Kier alpha value is -3.20. The highest BCUT2D eigenvalue weighted by Crippen LogP contribution is 2.31. The van der Waals surface area contributed by atoms with E-state index in [9.17, 15) is 9.18 Å². The zero-order valence-corrected chi connectivity index (χ0v) is 15.5. The number of piperidine rings is 1. The van der Waals surface area contributed by atoms with E-state index in [-0.39, 0.29) is 17.7 Å². The molecule has 1 unspecified atom stereocenters. The molecule has 1 aliphatic rings. The van der Waals surface area contributed by atoms with E-state index in [2.05, 4.69) is 20.4 Å². The maximum atomic E-state index is 14.6. The van der Waals surface area contributed by atoms with Crippen LogP contribution in [0.3, 0.4) is 0 Å². The second-order valence-electron chi connectivity index (χ2n) is 6.98. The van der Waals surface area contributed by atoms with Crippen LogP contribution in [0.25, 0.3) is 11.3 Å². The highest BCUT2D eigenvalue weighted by atomic mass is 19.1. The number of aryl methyl sites for hydroxylation is 1. The van der Waals surface area contributed by atoms with E-state index < -0.39 is 5.91 Å². The highest BCUT2D eigenvalue weighted by Gasteiger charge is 2.23. The van der Waals surface area contributed by atoms with Crippen molar-refractivity contribution in [2.45, 2.75) is 18.9 Å². The van der Waals surface area contributed by atoms with Crippen molar-refractivity contribution in [2.75, 3.05) is 23.3 Å². The summed E-state index contributed by atoms with van der Waals surface area (Å²) in [5.74, 6) is -0.685. The van der Waals surface area contributed by atoms with Crippen LogP contribution in [0, 0.1) is 5.82 Å². The minimum Gasteiger partial charge on any atom is -0.366 e. The van der Waals surface area contributed by atoms with Gasteiger partial charge in [0.05, 0.1) is 23.3 Å². The molecule has 3 heterocycles. The molecule has 0 radical (unpaired) electrons. The van der Waals surface area contributed by atoms with Crippen LogP contribution in [-0.4, -0.2) is 44.8 Å². The van der Waals surface area contributed by atoms with Gasteiger partial charge in [-0.1, -0.05) is 6.07 Å². The second-order valence-corrected chi connectivity index (χ2v) is 6.98. The summed E-state index contributed by atoms with van der Waals surface area (Å²) >= 11 is 0. The van der Waals surface area contributed by atoms with Gasteiger partial charge in [0.15, 0.2) is 5.82 Å². The first-order chi connectivity index (χ1) is 13.5. The van der Waals surface area contributed by atoms with Crippen molar-refractivity contribution in [3.63, 3.8) is 0 Å². The average molecular weight is 383 g/mol. The molecule has 9 heteroatoms. The number of nitrogens with zero attached hydrogens (tertiary/aromatic N) is 4. The van der Waals surface area contributed by atoms with Crippen molar-refractivity contribution in [3.05, 3.63) is 48.4 Å². The van der Waals surface area contributed by atoms with Crippen LogP contribution < -0.4 is 16.0 Å². The van der Waals surface area contributed by atoms with Crippen molar-refractivity contribution in [3.8, 4) is 11.3 Å². The Morgan fingerprint density at radius 1 is 1.43 bits per heavy atom. The smallest absolute Gasteiger partial charge is 0.291 e. The minimum absolute atomic E-state index is 0.0102. The van der Waals surface area contributed by atoms with E-state index in [4.69, 9.17) is 5.73 Å². The number of hydrogen-bond acceptors (Lipinski definition) is 5. The van der Waals surface area contributed by atoms with Crippen molar-refractivity contribution in [1.82, 2.24) is 19.7 Å². The van der Waals surface area contributed by atoms with Gasteiger partial charge in [0.25, 0.3) is 5.91 Å². The molecule has 4 rings (SSSR count). The van der Waals surface area contributed by atoms with Gasteiger partial charge >= 0.3 is 0 Å². The van der Waals surface area contributed by atoms with Crippen molar-refractivity contribution >= 4 is 17.3 Å². The lowest BCUT2D eigenvalue weighted by molar-refractivity contribution is 0.101. The summed E-state index contributed by atoms with van der Waals surface area (Å²) in [6, 6.07) is 4.63. The van der Waals surface area contributed by atoms with E-state index in [1.807, 2.05) is 18.1 Å². The van der Waals surface area contributed by atoms with E-state index in [1.54, 1.807) is 29.2 Å². The van der Waals surface area contributed by atoms with E-state index >= 15 is 0 Å². The van der Waals surface area contributed by atoms with Gasteiger partial charge < -0.3 is 20.9 Å². The molecule has 1 fully saturated rings. The number of para-hydroxylation sites is 1. The summed E-state index contributed by atoms with van der Waals surface area (Å²) in [6.45, 7) is 1.25. The lowest BCUT2D eigenvalue weighted by Crippen LogP contribution is -2.43. The molecule has 4 N–H and O–H groups in total. The Morgan fingerprint density at radius 2 is 2.29 bits per heavy atom. The topological polar surface area (TPSA) is 105 Å². The number of nitrogens with one attached hydrogen (secondary N) is 2. The van der Waals surface area contributed by atoms with Crippen LogP contribution in [0.2, 0.25) is 0 Å². The molecule has 1 aromatic carbocycles. The first kappa shape index (κ1) is 18.2. The van der Waals surface area contributed by atoms with Crippen LogP contribution in [0.4, 0.5) is 15.8 Å². The number of amides is 1. The molecule has 0 aliphatic carbocycles. The summed E-state index contributed by atoms with van der Waals surface area (Å²) < 4.78 is 16.2. The molecule has 1 atom stereocenters. The molecule has 0 bridgehead atoms. The Morgan fingerprint density at radius 3 is 3.04 bits per heavy atom. The lowest BCUT2D eigenvalue weighted by atomic mass is 10.1. The third kappa shape index (κ3) is 3.61. The molecule has 1 aliphatic heterocycles. The number of hydrogen-bond donors (Lipinski definition) is 3. The first-order valence-electron chi connectivity index (χ1n) is 9.16. The Kier molecular flexibility index (Phi) is 4.82. The van der Waals surface area contributed by atoms with Crippen molar-refractivity contribution in [2.24, 2.45) is 12.8 Å². The van der Waals surface area contributed by atoms with E-state index in [0.29, 0.717) is 30.2 Å². The molecule has 28 heavy (non-hydrogen) atoms. The van der Waals surface area contributed by atoms with Gasteiger partial charge in [0, 0.05) is 44.1 Å². The minimum atomic E-state index is -0.441. The summed E-state index contributed by atoms with van der Waals surface area (Å²) in [7, 11) is 1.81. The number of carbonyl (C=O) groups excluding carboxylic acids is 1. The lowest BCUT2D eigenvalue weighted by Gasteiger charge is -2.34. The zero-order chi connectivity index (χ0) is 19.7. The van der Waals surface area contributed by atoms with Gasteiger partial charge in [0.2, 0.25) is 0 Å². The summed E-state index contributed by atoms with van der Waals surface area (Å²) in [5, 5.41) is 6.87. The van der Waals surface area contributed by atoms with E-state index in [1.165, 1.54) is 6.07 Å². The van der Waals surface area contributed by atoms with Crippen LogP contribution in [0.15, 0.2) is 36.8 Å². The molecule has 2 aromatic heterocycles. The normalized spacial score (nSPS) is 17.0. The van der Waals surface area contributed by atoms with Crippen molar-refractivity contribution in [1.29, 1.82) is 0 Å². The fourth-order valence-corrected chi connectivity index (χ4v) is 3.47. The maximum absolute atomic E-state index is 14.6. The van der Waals surface area contributed by atoms with Gasteiger partial charge in [-0.05, 0) is 25.0 Å². The third-order valence-corrected chi connectivity index (χ3v) is 4.80. The summed E-state index contributed by atoms with van der Waals surface area (Å²) in [6.07, 6.45) is 6.91. The Labute approximate surface area is 161 Å². The second kappa shape index (κ2) is 7.43.